The normalized spacial score (nSPS) is 20.6. The zero-order valence-electron chi connectivity index (χ0n) is 10.2. The van der Waals surface area contributed by atoms with Crippen molar-refractivity contribution in [2.75, 3.05) is 6.54 Å². The molecule has 0 radical (unpaired) electrons. The molecule has 0 saturated carbocycles. The second-order valence-electron chi connectivity index (χ2n) is 4.99. The lowest BCUT2D eigenvalue weighted by atomic mass is 9.94. The van der Waals surface area contributed by atoms with Crippen molar-refractivity contribution in [1.82, 2.24) is 5.32 Å². The van der Waals surface area contributed by atoms with Crippen LogP contribution in [-0.4, -0.2) is 12.6 Å². The summed E-state index contributed by atoms with van der Waals surface area (Å²) in [6, 6.07) is 16.0. The number of benzene rings is 2. The standard InChI is InChI=1S/C16H19N/c1-2-10-16-13(6-1)7-5-8-14(16)12-15-9-3-4-11-17-15/h1-2,5-8,10,15,17H,3-4,9,11-12H2. The van der Waals surface area contributed by atoms with Crippen LogP contribution in [0, 0.1) is 0 Å². The van der Waals surface area contributed by atoms with Crippen LogP contribution >= 0.6 is 0 Å². The first-order valence-corrected chi connectivity index (χ1v) is 6.63. The highest BCUT2D eigenvalue weighted by molar-refractivity contribution is 5.85. The van der Waals surface area contributed by atoms with Crippen LogP contribution in [0.25, 0.3) is 10.8 Å². The molecule has 1 atom stereocenters. The van der Waals surface area contributed by atoms with E-state index in [1.54, 1.807) is 0 Å². The molecule has 88 valence electrons. The maximum atomic E-state index is 3.63. The molecule has 0 aliphatic carbocycles. The minimum atomic E-state index is 0.676. The van der Waals surface area contributed by atoms with E-state index in [4.69, 9.17) is 0 Å². The van der Waals surface area contributed by atoms with Crippen molar-refractivity contribution in [1.29, 1.82) is 0 Å². The van der Waals surface area contributed by atoms with Crippen LogP contribution in [0.5, 0.6) is 0 Å². The van der Waals surface area contributed by atoms with Crippen molar-refractivity contribution in [2.45, 2.75) is 31.7 Å². The van der Waals surface area contributed by atoms with Crippen molar-refractivity contribution in [3.05, 3.63) is 48.0 Å². The fourth-order valence-electron chi connectivity index (χ4n) is 2.83. The molecule has 1 heterocycles. The molecule has 17 heavy (non-hydrogen) atoms. The van der Waals surface area contributed by atoms with Crippen molar-refractivity contribution >= 4 is 10.8 Å². The number of fused-ring (bicyclic) bond motifs is 1. The number of hydrogen-bond donors (Lipinski definition) is 1. The van der Waals surface area contributed by atoms with E-state index >= 15 is 0 Å². The summed E-state index contributed by atoms with van der Waals surface area (Å²) < 4.78 is 0. The summed E-state index contributed by atoms with van der Waals surface area (Å²) in [5.41, 5.74) is 1.49. The zero-order valence-corrected chi connectivity index (χ0v) is 10.2. The maximum absolute atomic E-state index is 3.63. The van der Waals surface area contributed by atoms with Crippen LogP contribution in [0.1, 0.15) is 24.8 Å². The summed E-state index contributed by atoms with van der Waals surface area (Å²) in [5, 5.41) is 6.41. The van der Waals surface area contributed by atoms with Gasteiger partial charge < -0.3 is 5.32 Å². The van der Waals surface area contributed by atoms with Gasteiger partial charge in [-0.3, -0.25) is 0 Å². The lowest BCUT2D eigenvalue weighted by Gasteiger charge is -2.24. The molecule has 1 aliphatic rings. The van der Waals surface area contributed by atoms with Crippen molar-refractivity contribution in [2.24, 2.45) is 0 Å². The Hall–Kier alpha value is -1.34. The lowest BCUT2D eigenvalue weighted by Crippen LogP contribution is -2.35. The molecule has 1 fully saturated rings. The number of nitrogens with one attached hydrogen (secondary N) is 1. The largest absolute Gasteiger partial charge is 0.314 e. The molecule has 2 aromatic rings. The smallest absolute Gasteiger partial charge is 0.0108 e. The zero-order chi connectivity index (χ0) is 11.5. The molecule has 1 nitrogen and oxygen atoms in total. The third kappa shape index (κ3) is 2.34. The molecule has 1 heteroatoms. The molecular formula is C16H19N. The molecular weight excluding hydrogens is 206 g/mol. The topological polar surface area (TPSA) is 12.0 Å². The van der Waals surface area contributed by atoms with Crippen LogP contribution in [0.2, 0.25) is 0 Å². The van der Waals surface area contributed by atoms with Gasteiger partial charge in [-0.1, -0.05) is 48.9 Å². The highest BCUT2D eigenvalue weighted by Gasteiger charge is 2.13. The van der Waals surface area contributed by atoms with Gasteiger partial charge in [-0.05, 0) is 42.1 Å². The first-order chi connectivity index (χ1) is 8.43. The van der Waals surface area contributed by atoms with Crippen LogP contribution in [0.4, 0.5) is 0 Å². The number of rotatable bonds is 2. The van der Waals surface area contributed by atoms with E-state index in [2.05, 4.69) is 47.8 Å². The quantitative estimate of drug-likeness (QED) is 0.824. The monoisotopic (exact) mass is 225 g/mol. The van der Waals surface area contributed by atoms with Gasteiger partial charge in [-0.25, -0.2) is 0 Å². The molecule has 1 unspecified atom stereocenters. The molecule has 0 aromatic heterocycles. The Bertz CT molecular complexity index is 492. The van der Waals surface area contributed by atoms with E-state index in [-0.39, 0.29) is 0 Å². The van der Waals surface area contributed by atoms with Crippen molar-refractivity contribution in [3.8, 4) is 0 Å². The van der Waals surface area contributed by atoms with Gasteiger partial charge in [0.1, 0.15) is 0 Å². The van der Waals surface area contributed by atoms with Crippen molar-refractivity contribution < 1.29 is 0 Å². The number of piperidine rings is 1. The molecule has 2 aromatic carbocycles. The van der Waals surface area contributed by atoms with E-state index in [9.17, 15) is 0 Å². The van der Waals surface area contributed by atoms with Crippen LogP contribution < -0.4 is 5.32 Å². The molecule has 1 aliphatic heterocycles. The van der Waals surface area contributed by atoms with E-state index in [0.29, 0.717) is 6.04 Å². The summed E-state index contributed by atoms with van der Waals surface area (Å²) in [4.78, 5) is 0. The summed E-state index contributed by atoms with van der Waals surface area (Å²) >= 11 is 0. The van der Waals surface area contributed by atoms with Gasteiger partial charge in [0.25, 0.3) is 0 Å². The summed E-state index contributed by atoms with van der Waals surface area (Å²) in [5.74, 6) is 0. The summed E-state index contributed by atoms with van der Waals surface area (Å²) in [7, 11) is 0. The Morgan fingerprint density at radius 3 is 2.76 bits per heavy atom. The van der Waals surface area contributed by atoms with E-state index < -0.39 is 0 Å². The van der Waals surface area contributed by atoms with Gasteiger partial charge >= 0.3 is 0 Å². The lowest BCUT2D eigenvalue weighted by molar-refractivity contribution is 0.400. The first kappa shape index (κ1) is 10.8. The molecule has 0 bridgehead atoms. The first-order valence-electron chi connectivity index (χ1n) is 6.63. The van der Waals surface area contributed by atoms with E-state index in [0.717, 1.165) is 0 Å². The van der Waals surface area contributed by atoms with Crippen LogP contribution in [0.3, 0.4) is 0 Å². The van der Waals surface area contributed by atoms with Gasteiger partial charge in [0, 0.05) is 6.04 Å². The summed E-state index contributed by atoms with van der Waals surface area (Å²) in [6.07, 6.45) is 5.21. The maximum Gasteiger partial charge on any atom is 0.0108 e. The Kier molecular flexibility index (Phi) is 3.10. The minimum absolute atomic E-state index is 0.676. The van der Waals surface area contributed by atoms with Gasteiger partial charge in [-0.2, -0.15) is 0 Å². The second kappa shape index (κ2) is 4.89. The molecule has 0 spiro atoms. The third-order valence-electron chi connectivity index (χ3n) is 3.76. The van der Waals surface area contributed by atoms with E-state index in [1.807, 2.05) is 0 Å². The Balaban J connectivity index is 1.89. The second-order valence-corrected chi connectivity index (χ2v) is 4.99. The molecule has 1 N–H and O–H groups in total. The average Bonchev–Trinajstić information content (AvgIpc) is 2.40. The predicted octanol–water partition coefficient (Wildman–Crippen LogP) is 3.52. The Labute approximate surface area is 103 Å². The van der Waals surface area contributed by atoms with Gasteiger partial charge in [0.05, 0.1) is 0 Å². The van der Waals surface area contributed by atoms with Gasteiger partial charge in [0.2, 0.25) is 0 Å². The molecule has 0 amide bonds. The molecule has 3 rings (SSSR count). The molecule has 1 saturated heterocycles. The highest BCUT2D eigenvalue weighted by atomic mass is 14.9. The fourth-order valence-corrected chi connectivity index (χ4v) is 2.83. The Morgan fingerprint density at radius 1 is 1.00 bits per heavy atom. The SMILES string of the molecule is c1ccc2c(CC3CCCCN3)cccc2c1. The van der Waals surface area contributed by atoms with Gasteiger partial charge in [0.15, 0.2) is 0 Å². The summed E-state index contributed by atoms with van der Waals surface area (Å²) in [6.45, 7) is 1.19. The van der Waals surface area contributed by atoms with E-state index in [1.165, 1.54) is 48.6 Å². The number of hydrogen-bond acceptors (Lipinski definition) is 1. The minimum Gasteiger partial charge on any atom is -0.314 e. The highest BCUT2D eigenvalue weighted by Crippen LogP contribution is 2.21. The van der Waals surface area contributed by atoms with Crippen LogP contribution in [-0.2, 0) is 6.42 Å². The average molecular weight is 225 g/mol. The Morgan fingerprint density at radius 2 is 1.88 bits per heavy atom. The van der Waals surface area contributed by atoms with Crippen molar-refractivity contribution in [3.63, 3.8) is 0 Å². The predicted molar refractivity (Wildman–Crippen MR) is 73.3 cm³/mol. The fraction of sp³-hybridized carbons (Fsp3) is 0.375. The van der Waals surface area contributed by atoms with Gasteiger partial charge in [-0.15, -0.1) is 0 Å². The third-order valence-corrected chi connectivity index (χ3v) is 3.76. The van der Waals surface area contributed by atoms with Crippen LogP contribution in [0.15, 0.2) is 42.5 Å².